The van der Waals surface area contributed by atoms with E-state index in [1.807, 2.05) is 4.57 Å². The Morgan fingerprint density at radius 2 is 2.10 bits per heavy atom. The molecule has 0 aliphatic carbocycles. The molecule has 0 aliphatic rings. The molecular formula is C15H20N2O3. The maximum absolute atomic E-state index is 11.0. The Kier molecular flexibility index (Phi) is 4.09. The largest absolute Gasteiger partial charge is 0.478 e. The second-order valence-corrected chi connectivity index (χ2v) is 5.25. The maximum Gasteiger partial charge on any atom is 0.335 e. The lowest BCUT2D eigenvalue weighted by Gasteiger charge is -2.14. The Morgan fingerprint density at radius 1 is 1.40 bits per heavy atom. The Hall–Kier alpha value is -1.88. The molecule has 5 heteroatoms. The van der Waals surface area contributed by atoms with Crippen LogP contribution in [0.15, 0.2) is 18.2 Å². The molecule has 0 saturated heterocycles. The molecule has 0 fully saturated rings. The number of carboxylic acid groups (broad SMARTS) is 1. The highest BCUT2D eigenvalue weighted by atomic mass is 16.4. The number of benzene rings is 1. The zero-order valence-electron chi connectivity index (χ0n) is 12.0. The van der Waals surface area contributed by atoms with Gasteiger partial charge < -0.3 is 14.8 Å². The van der Waals surface area contributed by atoms with Gasteiger partial charge in [-0.15, -0.1) is 0 Å². The zero-order chi connectivity index (χ0) is 14.9. The first-order valence-electron chi connectivity index (χ1n) is 6.85. The van der Waals surface area contributed by atoms with Crippen molar-refractivity contribution in [2.75, 3.05) is 0 Å². The minimum Gasteiger partial charge on any atom is -0.478 e. The van der Waals surface area contributed by atoms with Crippen molar-refractivity contribution in [3.8, 4) is 0 Å². The van der Waals surface area contributed by atoms with E-state index in [1.165, 1.54) is 0 Å². The Balaban J connectivity index is 2.61. The van der Waals surface area contributed by atoms with E-state index in [1.54, 1.807) is 25.1 Å². The van der Waals surface area contributed by atoms with Crippen molar-refractivity contribution in [3.63, 3.8) is 0 Å². The number of carboxylic acids is 1. The molecule has 0 aliphatic heterocycles. The van der Waals surface area contributed by atoms with Crippen molar-refractivity contribution >= 4 is 17.0 Å². The van der Waals surface area contributed by atoms with Crippen LogP contribution in [-0.4, -0.2) is 31.8 Å². The normalized spacial score (nSPS) is 14.4. The number of rotatable bonds is 5. The van der Waals surface area contributed by atoms with Crippen LogP contribution in [-0.2, 0) is 6.54 Å². The molecule has 1 aromatic carbocycles. The van der Waals surface area contributed by atoms with Crippen molar-refractivity contribution in [1.82, 2.24) is 9.55 Å². The predicted octanol–water partition coefficient (Wildman–Crippen LogP) is 2.63. The summed E-state index contributed by atoms with van der Waals surface area (Å²) in [5.41, 5.74) is 1.77. The summed E-state index contributed by atoms with van der Waals surface area (Å²) in [6, 6.07) is 4.92. The van der Waals surface area contributed by atoms with Crippen molar-refractivity contribution in [2.24, 2.45) is 0 Å². The fraction of sp³-hybridized carbons (Fsp3) is 0.467. The summed E-state index contributed by atoms with van der Waals surface area (Å²) < 4.78 is 1.99. The van der Waals surface area contributed by atoms with Crippen molar-refractivity contribution in [1.29, 1.82) is 0 Å². The van der Waals surface area contributed by atoms with Crippen LogP contribution in [0.2, 0.25) is 0 Å². The number of hydrogen-bond donors (Lipinski definition) is 2. The smallest absolute Gasteiger partial charge is 0.335 e. The summed E-state index contributed by atoms with van der Waals surface area (Å²) in [7, 11) is 0. The van der Waals surface area contributed by atoms with Gasteiger partial charge in [0.25, 0.3) is 0 Å². The third-order valence-corrected chi connectivity index (χ3v) is 3.52. The van der Waals surface area contributed by atoms with Gasteiger partial charge in [0, 0.05) is 5.92 Å². The molecular weight excluding hydrogens is 256 g/mol. The number of aromatic carboxylic acids is 1. The highest BCUT2D eigenvalue weighted by molar-refractivity contribution is 5.92. The fourth-order valence-corrected chi connectivity index (χ4v) is 2.30. The van der Waals surface area contributed by atoms with Crippen LogP contribution in [0.25, 0.3) is 11.0 Å². The molecule has 0 spiro atoms. The molecule has 0 radical (unpaired) electrons. The summed E-state index contributed by atoms with van der Waals surface area (Å²) in [6.07, 6.45) is 0.462. The van der Waals surface area contributed by atoms with Gasteiger partial charge in [0.1, 0.15) is 5.82 Å². The number of nitrogens with zero attached hydrogens (tertiary/aromatic N) is 2. The monoisotopic (exact) mass is 276 g/mol. The molecule has 2 N–H and O–H groups in total. The SMILES string of the molecule is CCC(C)c1nc2cc(C(=O)O)ccc2n1CC(C)O. The van der Waals surface area contributed by atoms with Gasteiger partial charge in [-0.3, -0.25) is 0 Å². The van der Waals surface area contributed by atoms with Crippen LogP contribution in [0.5, 0.6) is 0 Å². The average molecular weight is 276 g/mol. The molecule has 0 saturated carbocycles. The first-order valence-corrected chi connectivity index (χ1v) is 6.85. The standard InChI is InChI=1S/C15H20N2O3/c1-4-9(2)14-16-12-7-11(15(19)20)5-6-13(12)17(14)8-10(3)18/h5-7,9-10,18H,4,8H2,1-3H3,(H,19,20). The van der Waals surface area contributed by atoms with Crippen LogP contribution in [0.4, 0.5) is 0 Å². The quantitative estimate of drug-likeness (QED) is 0.880. The minimum atomic E-state index is -0.956. The van der Waals surface area contributed by atoms with Gasteiger partial charge >= 0.3 is 5.97 Å². The molecule has 5 nitrogen and oxygen atoms in total. The van der Waals surface area contributed by atoms with Gasteiger partial charge in [-0.05, 0) is 31.5 Å². The summed E-state index contributed by atoms with van der Waals surface area (Å²) >= 11 is 0. The van der Waals surface area contributed by atoms with Crippen molar-refractivity contribution < 1.29 is 15.0 Å². The van der Waals surface area contributed by atoms with Crippen LogP contribution >= 0.6 is 0 Å². The van der Waals surface area contributed by atoms with E-state index in [2.05, 4.69) is 18.8 Å². The van der Waals surface area contributed by atoms with Gasteiger partial charge in [-0.25, -0.2) is 9.78 Å². The molecule has 108 valence electrons. The van der Waals surface area contributed by atoms with E-state index in [0.717, 1.165) is 17.8 Å². The predicted molar refractivity (Wildman–Crippen MR) is 77.1 cm³/mol. The Bertz CT molecular complexity index is 631. The van der Waals surface area contributed by atoms with Crippen LogP contribution in [0, 0.1) is 0 Å². The molecule has 2 rings (SSSR count). The number of hydrogen-bond acceptors (Lipinski definition) is 3. The fourth-order valence-electron chi connectivity index (χ4n) is 2.30. The van der Waals surface area contributed by atoms with Crippen LogP contribution < -0.4 is 0 Å². The lowest BCUT2D eigenvalue weighted by molar-refractivity contribution is 0.0697. The van der Waals surface area contributed by atoms with E-state index in [0.29, 0.717) is 12.1 Å². The van der Waals surface area contributed by atoms with Crippen LogP contribution in [0.1, 0.15) is 49.3 Å². The Labute approximate surface area is 117 Å². The molecule has 0 amide bonds. The molecule has 2 aromatic rings. The number of aromatic nitrogens is 2. The van der Waals surface area contributed by atoms with Crippen LogP contribution in [0.3, 0.4) is 0 Å². The summed E-state index contributed by atoms with van der Waals surface area (Å²) in [5, 5.41) is 18.7. The summed E-state index contributed by atoms with van der Waals surface area (Å²) in [5.74, 6) is 0.197. The first kappa shape index (κ1) is 14.5. The molecule has 20 heavy (non-hydrogen) atoms. The van der Waals surface area contributed by atoms with E-state index in [-0.39, 0.29) is 11.5 Å². The Morgan fingerprint density at radius 3 is 2.65 bits per heavy atom. The maximum atomic E-state index is 11.0. The molecule has 1 aromatic heterocycles. The third kappa shape index (κ3) is 2.67. The van der Waals surface area contributed by atoms with Crippen molar-refractivity contribution in [3.05, 3.63) is 29.6 Å². The van der Waals surface area contributed by atoms with E-state index < -0.39 is 12.1 Å². The minimum absolute atomic E-state index is 0.231. The van der Waals surface area contributed by atoms with Gasteiger partial charge in [0.2, 0.25) is 0 Å². The molecule has 2 atom stereocenters. The zero-order valence-corrected chi connectivity index (χ0v) is 12.0. The first-order chi connectivity index (χ1) is 9.43. The topological polar surface area (TPSA) is 75.3 Å². The highest BCUT2D eigenvalue weighted by Gasteiger charge is 2.17. The number of fused-ring (bicyclic) bond motifs is 1. The number of aliphatic hydroxyl groups is 1. The summed E-state index contributed by atoms with van der Waals surface area (Å²) in [4.78, 5) is 15.6. The average Bonchev–Trinajstić information content (AvgIpc) is 2.75. The van der Waals surface area contributed by atoms with E-state index >= 15 is 0 Å². The van der Waals surface area contributed by atoms with Crippen molar-refractivity contribution in [2.45, 2.75) is 45.8 Å². The second kappa shape index (κ2) is 5.63. The lowest BCUT2D eigenvalue weighted by Crippen LogP contribution is -2.15. The van der Waals surface area contributed by atoms with Gasteiger partial charge in [-0.2, -0.15) is 0 Å². The van der Waals surface area contributed by atoms with E-state index in [4.69, 9.17) is 5.11 Å². The molecule has 1 heterocycles. The highest BCUT2D eigenvalue weighted by Crippen LogP contribution is 2.25. The lowest BCUT2D eigenvalue weighted by atomic mass is 10.1. The second-order valence-electron chi connectivity index (χ2n) is 5.25. The number of carbonyl (C=O) groups is 1. The number of aliphatic hydroxyl groups excluding tert-OH is 1. The summed E-state index contributed by atoms with van der Waals surface area (Å²) in [6.45, 7) is 6.36. The number of imidazole rings is 1. The third-order valence-electron chi connectivity index (χ3n) is 3.52. The van der Waals surface area contributed by atoms with E-state index in [9.17, 15) is 9.90 Å². The van der Waals surface area contributed by atoms with Gasteiger partial charge in [0.15, 0.2) is 0 Å². The molecule has 2 unspecified atom stereocenters. The van der Waals surface area contributed by atoms with Gasteiger partial charge in [0.05, 0.1) is 29.2 Å². The molecule has 0 bridgehead atoms. The van der Waals surface area contributed by atoms with Gasteiger partial charge in [-0.1, -0.05) is 13.8 Å².